The monoisotopic (exact) mass is 403 g/mol. The van der Waals surface area contributed by atoms with E-state index in [1.54, 1.807) is 18.3 Å². The molecule has 1 aliphatic rings. The Bertz CT molecular complexity index is 870. The molecule has 2 heterocycles. The van der Waals surface area contributed by atoms with Crippen molar-refractivity contribution < 1.29 is 18.4 Å². The van der Waals surface area contributed by atoms with Crippen molar-refractivity contribution in [2.75, 3.05) is 12.3 Å². The molecule has 29 heavy (non-hydrogen) atoms. The highest BCUT2D eigenvalue weighted by molar-refractivity contribution is 5.90. The number of nitrogens with zero attached hydrogens (tertiary/aromatic N) is 1. The van der Waals surface area contributed by atoms with Crippen molar-refractivity contribution in [3.05, 3.63) is 59.3 Å². The van der Waals surface area contributed by atoms with Crippen LogP contribution in [-0.4, -0.2) is 35.4 Å². The van der Waals surface area contributed by atoms with Gasteiger partial charge in [-0.1, -0.05) is 12.1 Å². The number of hydrogen-bond donors (Lipinski definition) is 4. The third-order valence-electron chi connectivity index (χ3n) is 4.75. The number of benzene rings is 1. The number of hydrogen-bond acceptors (Lipinski definition) is 5. The Labute approximate surface area is 167 Å². The zero-order chi connectivity index (χ0) is 20.8. The molecule has 9 heteroatoms. The summed E-state index contributed by atoms with van der Waals surface area (Å²) in [6.07, 6.45) is 3.13. The molecule has 0 bridgehead atoms. The number of carbonyl (C=O) groups excluding carboxylic acids is 2. The standard InChI is InChI=1S/C20H23F2N5O2/c21-14-5-3-12(8-15(14)22)9-17(27-20(29)16-2-1-7-24-16)19(28)26-11-13-4-6-18(23)25-10-13/h3-6,8,10,16-17,24H,1-2,7,9,11H2,(H2,23,25)(H,26,28)(H,27,29)/t16-,17+/m0/s1. The molecule has 0 aliphatic carbocycles. The van der Waals surface area contributed by atoms with Gasteiger partial charge >= 0.3 is 0 Å². The number of amides is 2. The molecule has 1 aliphatic heterocycles. The fourth-order valence-electron chi connectivity index (χ4n) is 3.15. The van der Waals surface area contributed by atoms with Crippen LogP contribution >= 0.6 is 0 Å². The fourth-order valence-corrected chi connectivity index (χ4v) is 3.15. The van der Waals surface area contributed by atoms with E-state index in [0.29, 0.717) is 17.8 Å². The van der Waals surface area contributed by atoms with E-state index in [1.807, 2.05) is 0 Å². The summed E-state index contributed by atoms with van der Waals surface area (Å²) < 4.78 is 26.7. The van der Waals surface area contributed by atoms with Gasteiger partial charge in [0, 0.05) is 19.2 Å². The molecular formula is C20H23F2N5O2. The van der Waals surface area contributed by atoms with E-state index in [2.05, 4.69) is 20.9 Å². The topological polar surface area (TPSA) is 109 Å². The minimum atomic E-state index is -1.00. The van der Waals surface area contributed by atoms with Crippen molar-refractivity contribution in [1.29, 1.82) is 0 Å². The van der Waals surface area contributed by atoms with Crippen molar-refractivity contribution in [3.8, 4) is 0 Å². The van der Waals surface area contributed by atoms with Gasteiger partial charge in [0.15, 0.2) is 11.6 Å². The Hall–Kier alpha value is -3.07. The van der Waals surface area contributed by atoms with E-state index in [1.165, 1.54) is 6.07 Å². The highest BCUT2D eigenvalue weighted by atomic mass is 19.2. The molecule has 0 spiro atoms. The van der Waals surface area contributed by atoms with Gasteiger partial charge in [0.2, 0.25) is 11.8 Å². The zero-order valence-electron chi connectivity index (χ0n) is 15.8. The molecule has 3 rings (SSSR count). The first-order chi connectivity index (χ1) is 13.9. The van der Waals surface area contributed by atoms with E-state index in [-0.39, 0.29) is 24.9 Å². The summed E-state index contributed by atoms with van der Waals surface area (Å²) >= 11 is 0. The number of nitrogens with one attached hydrogen (secondary N) is 3. The lowest BCUT2D eigenvalue weighted by Crippen LogP contribution is -2.52. The minimum Gasteiger partial charge on any atom is -0.384 e. The van der Waals surface area contributed by atoms with Crippen molar-refractivity contribution in [2.24, 2.45) is 0 Å². The number of pyridine rings is 1. The van der Waals surface area contributed by atoms with E-state index in [9.17, 15) is 18.4 Å². The Morgan fingerprint density at radius 3 is 2.66 bits per heavy atom. The average molecular weight is 403 g/mol. The van der Waals surface area contributed by atoms with Crippen LogP contribution in [0, 0.1) is 11.6 Å². The number of halogens is 2. The predicted octanol–water partition coefficient (Wildman–Crippen LogP) is 1.04. The lowest BCUT2D eigenvalue weighted by molar-refractivity contribution is -0.129. The van der Waals surface area contributed by atoms with Gasteiger partial charge in [-0.25, -0.2) is 13.8 Å². The highest BCUT2D eigenvalue weighted by Crippen LogP contribution is 2.12. The van der Waals surface area contributed by atoms with Crippen LogP contribution < -0.4 is 21.7 Å². The van der Waals surface area contributed by atoms with Gasteiger partial charge in [0.25, 0.3) is 0 Å². The quantitative estimate of drug-likeness (QED) is 0.552. The molecule has 0 radical (unpaired) electrons. The molecule has 2 atom stereocenters. The normalized spacial score (nSPS) is 17.0. The van der Waals surface area contributed by atoms with Crippen LogP contribution in [-0.2, 0) is 22.6 Å². The van der Waals surface area contributed by atoms with Crippen LogP contribution in [0.1, 0.15) is 24.0 Å². The van der Waals surface area contributed by atoms with Crippen LogP contribution in [0.5, 0.6) is 0 Å². The maximum atomic E-state index is 13.6. The summed E-state index contributed by atoms with van der Waals surface area (Å²) in [4.78, 5) is 29.2. The number of nitrogen functional groups attached to an aromatic ring is 1. The summed E-state index contributed by atoms with van der Waals surface area (Å²) in [5.74, 6) is -2.33. The molecular weight excluding hydrogens is 380 g/mol. The van der Waals surface area contributed by atoms with Gasteiger partial charge in [0.1, 0.15) is 11.9 Å². The largest absolute Gasteiger partial charge is 0.384 e. The molecule has 1 aromatic carbocycles. The lowest BCUT2D eigenvalue weighted by atomic mass is 10.0. The van der Waals surface area contributed by atoms with Crippen LogP contribution in [0.15, 0.2) is 36.5 Å². The maximum absolute atomic E-state index is 13.6. The third-order valence-corrected chi connectivity index (χ3v) is 4.75. The number of aromatic nitrogens is 1. The second-order valence-corrected chi connectivity index (χ2v) is 6.97. The number of anilines is 1. The Kier molecular flexibility index (Phi) is 6.71. The van der Waals surface area contributed by atoms with Crippen LogP contribution in [0.2, 0.25) is 0 Å². The van der Waals surface area contributed by atoms with Crippen molar-refractivity contribution in [2.45, 2.75) is 37.9 Å². The first-order valence-corrected chi connectivity index (χ1v) is 9.38. The average Bonchev–Trinajstić information content (AvgIpc) is 3.24. The van der Waals surface area contributed by atoms with Crippen molar-refractivity contribution in [3.63, 3.8) is 0 Å². The van der Waals surface area contributed by atoms with Gasteiger partial charge in [-0.3, -0.25) is 9.59 Å². The third kappa shape index (κ3) is 5.71. The summed E-state index contributed by atoms with van der Waals surface area (Å²) in [6.45, 7) is 0.931. The molecule has 1 aromatic heterocycles. The van der Waals surface area contributed by atoms with E-state index in [4.69, 9.17) is 5.73 Å². The minimum absolute atomic E-state index is 0.0292. The summed E-state index contributed by atoms with van der Waals surface area (Å²) in [7, 11) is 0. The number of nitrogens with two attached hydrogens (primary N) is 1. The molecule has 0 unspecified atom stereocenters. The SMILES string of the molecule is Nc1ccc(CNC(=O)[C@@H](Cc2ccc(F)c(F)c2)NC(=O)[C@@H]2CCCN2)cn1. The molecule has 5 N–H and O–H groups in total. The van der Waals surface area contributed by atoms with Gasteiger partial charge in [-0.2, -0.15) is 0 Å². The molecule has 2 amide bonds. The first kappa shape index (κ1) is 20.7. The van der Waals surface area contributed by atoms with Gasteiger partial charge in [-0.05, 0) is 48.7 Å². The molecule has 1 fully saturated rings. The lowest BCUT2D eigenvalue weighted by Gasteiger charge is -2.21. The number of rotatable bonds is 7. The molecule has 154 valence electrons. The van der Waals surface area contributed by atoms with E-state index >= 15 is 0 Å². The Morgan fingerprint density at radius 2 is 2.00 bits per heavy atom. The van der Waals surface area contributed by atoms with Crippen molar-refractivity contribution in [1.82, 2.24) is 20.9 Å². The molecule has 2 aromatic rings. The highest BCUT2D eigenvalue weighted by Gasteiger charge is 2.27. The van der Waals surface area contributed by atoms with Crippen molar-refractivity contribution >= 4 is 17.6 Å². The predicted molar refractivity (Wildman–Crippen MR) is 104 cm³/mol. The maximum Gasteiger partial charge on any atom is 0.243 e. The smallest absolute Gasteiger partial charge is 0.243 e. The zero-order valence-corrected chi connectivity index (χ0v) is 15.8. The second kappa shape index (κ2) is 9.42. The van der Waals surface area contributed by atoms with Gasteiger partial charge < -0.3 is 21.7 Å². The van der Waals surface area contributed by atoms with Gasteiger partial charge in [-0.15, -0.1) is 0 Å². The first-order valence-electron chi connectivity index (χ1n) is 9.38. The van der Waals surface area contributed by atoms with E-state index < -0.39 is 23.6 Å². The fraction of sp³-hybridized carbons (Fsp3) is 0.350. The van der Waals surface area contributed by atoms with Gasteiger partial charge in [0.05, 0.1) is 6.04 Å². The summed E-state index contributed by atoms with van der Waals surface area (Å²) in [5.41, 5.74) is 6.68. The molecule has 7 nitrogen and oxygen atoms in total. The van der Waals surface area contributed by atoms with Crippen LogP contribution in [0.25, 0.3) is 0 Å². The number of carbonyl (C=O) groups is 2. The summed E-state index contributed by atoms with van der Waals surface area (Å²) in [5, 5.41) is 8.53. The molecule has 0 saturated carbocycles. The van der Waals surface area contributed by atoms with Crippen LogP contribution in [0.3, 0.4) is 0 Å². The van der Waals surface area contributed by atoms with Crippen LogP contribution in [0.4, 0.5) is 14.6 Å². The second-order valence-electron chi connectivity index (χ2n) is 6.97. The van der Waals surface area contributed by atoms with E-state index in [0.717, 1.165) is 30.7 Å². The Balaban J connectivity index is 1.69. The summed E-state index contributed by atoms with van der Waals surface area (Å²) in [6, 6.07) is 5.47. The molecule has 1 saturated heterocycles. The Morgan fingerprint density at radius 1 is 1.21 bits per heavy atom.